The summed E-state index contributed by atoms with van der Waals surface area (Å²) >= 11 is 3.29. The van der Waals surface area contributed by atoms with Crippen LogP contribution in [-0.2, 0) is 4.74 Å². The van der Waals surface area contributed by atoms with E-state index < -0.39 is 0 Å². The highest BCUT2D eigenvalue weighted by Crippen LogP contribution is 2.10. The fraction of sp³-hybridized carbons (Fsp3) is 0.364. The monoisotopic (exact) mass is 287 g/mol. The minimum atomic E-state index is -0.374. The van der Waals surface area contributed by atoms with E-state index in [9.17, 15) is 4.79 Å². The number of benzene rings is 1. The van der Waals surface area contributed by atoms with Crippen LogP contribution in [-0.4, -0.2) is 37.4 Å². The van der Waals surface area contributed by atoms with Gasteiger partial charge in [-0.15, -0.1) is 0 Å². The third-order valence-corrected chi connectivity index (χ3v) is 2.56. The molecule has 0 fully saturated rings. The highest BCUT2D eigenvalue weighted by Gasteiger charge is 2.12. The Bertz CT molecular complexity index is 340. The third kappa shape index (κ3) is 3.92. The molecule has 4 nitrogen and oxygen atoms in total. The molecule has 0 aliphatic carbocycles. The maximum atomic E-state index is 11.7. The summed E-state index contributed by atoms with van der Waals surface area (Å²) in [6, 6.07) is 6.63. The minimum Gasteiger partial charge on any atom is -0.394 e. The molecular formula is C11H14BrNO3. The lowest BCUT2D eigenvalue weighted by molar-refractivity contribution is 0.0839. The summed E-state index contributed by atoms with van der Waals surface area (Å²) in [5, 5.41) is 11.7. The van der Waals surface area contributed by atoms with Gasteiger partial charge in [-0.1, -0.05) is 15.9 Å². The first-order valence-corrected chi connectivity index (χ1v) is 5.63. The van der Waals surface area contributed by atoms with Gasteiger partial charge in [0.25, 0.3) is 5.91 Å². The van der Waals surface area contributed by atoms with Crippen LogP contribution in [0, 0.1) is 0 Å². The summed E-state index contributed by atoms with van der Waals surface area (Å²) in [4.78, 5) is 11.7. The van der Waals surface area contributed by atoms with Gasteiger partial charge in [-0.25, -0.2) is 0 Å². The number of rotatable bonds is 5. The Morgan fingerprint density at radius 3 is 2.62 bits per heavy atom. The minimum absolute atomic E-state index is 0.143. The maximum Gasteiger partial charge on any atom is 0.251 e. The van der Waals surface area contributed by atoms with Crippen molar-refractivity contribution in [1.29, 1.82) is 0 Å². The molecule has 0 heterocycles. The Labute approximate surface area is 103 Å². The first-order chi connectivity index (χ1) is 7.67. The van der Waals surface area contributed by atoms with Crippen molar-refractivity contribution in [1.82, 2.24) is 5.32 Å². The zero-order valence-electron chi connectivity index (χ0n) is 8.94. The number of carbonyl (C=O) groups excluding carboxylic acids is 1. The van der Waals surface area contributed by atoms with E-state index in [4.69, 9.17) is 9.84 Å². The molecule has 1 atom stereocenters. The van der Waals surface area contributed by atoms with Gasteiger partial charge in [-0.05, 0) is 24.3 Å². The predicted molar refractivity (Wildman–Crippen MR) is 64.4 cm³/mol. The first kappa shape index (κ1) is 13.2. The molecule has 1 aromatic rings. The van der Waals surface area contributed by atoms with E-state index in [1.165, 1.54) is 7.11 Å². The van der Waals surface area contributed by atoms with Crippen molar-refractivity contribution in [3.8, 4) is 0 Å². The summed E-state index contributed by atoms with van der Waals surface area (Å²) in [7, 11) is 1.52. The maximum absolute atomic E-state index is 11.7. The van der Waals surface area contributed by atoms with E-state index in [0.29, 0.717) is 12.2 Å². The molecule has 0 saturated heterocycles. The number of aliphatic hydroxyl groups excluding tert-OH is 1. The van der Waals surface area contributed by atoms with Crippen LogP contribution in [0.2, 0.25) is 0 Å². The second-order valence-electron chi connectivity index (χ2n) is 3.32. The van der Waals surface area contributed by atoms with Crippen molar-refractivity contribution in [2.45, 2.75) is 6.04 Å². The van der Waals surface area contributed by atoms with Crippen LogP contribution in [0.1, 0.15) is 10.4 Å². The number of halogens is 1. The van der Waals surface area contributed by atoms with E-state index in [1.807, 2.05) is 0 Å². The zero-order valence-corrected chi connectivity index (χ0v) is 10.5. The number of amides is 1. The zero-order chi connectivity index (χ0) is 12.0. The Kier molecular flexibility index (Phi) is 5.45. The van der Waals surface area contributed by atoms with Crippen molar-refractivity contribution in [3.05, 3.63) is 34.3 Å². The lowest BCUT2D eigenvalue weighted by atomic mass is 10.2. The standard InChI is InChI=1S/C11H14BrNO3/c1-16-7-10(6-14)13-11(15)8-2-4-9(12)5-3-8/h2-5,10,14H,6-7H2,1H3,(H,13,15). The lowest BCUT2D eigenvalue weighted by Gasteiger charge is -2.15. The normalized spacial score (nSPS) is 12.2. The molecule has 1 rings (SSSR count). The lowest BCUT2D eigenvalue weighted by Crippen LogP contribution is -2.40. The molecule has 0 aromatic heterocycles. The van der Waals surface area contributed by atoms with E-state index in [2.05, 4.69) is 21.2 Å². The average Bonchev–Trinajstić information content (AvgIpc) is 2.29. The van der Waals surface area contributed by atoms with Crippen molar-refractivity contribution in [2.75, 3.05) is 20.3 Å². The molecule has 88 valence electrons. The molecule has 0 aliphatic rings. The van der Waals surface area contributed by atoms with Crippen LogP contribution in [0.4, 0.5) is 0 Å². The number of aliphatic hydroxyl groups is 1. The van der Waals surface area contributed by atoms with E-state index in [-0.39, 0.29) is 18.6 Å². The number of hydrogen-bond acceptors (Lipinski definition) is 3. The van der Waals surface area contributed by atoms with E-state index >= 15 is 0 Å². The molecule has 0 saturated carbocycles. The number of ether oxygens (including phenoxy) is 1. The van der Waals surface area contributed by atoms with Crippen molar-refractivity contribution in [3.63, 3.8) is 0 Å². The molecule has 2 N–H and O–H groups in total. The Morgan fingerprint density at radius 2 is 2.12 bits per heavy atom. The molecule has 1 amide bonds. The van der Waals surface area contributed by atoms with Crippen molar-refractivity contribution < 1.29 is 14.6 Å². The highest BCUT2D eigenvalue weighted by molar-refractivity contribution is 9.10. The fourth-order valence-corrected chi connectivity index (χ4v) is 1.48. The number of carbonyl (C=O) groups is 1. The molecule has 0 aliphatic heterocycles. The second kappa shape index (κ2) is 6.62. The SMILES string of the molecule is COCC(CO)NC(=O)c1ccc(Br)cc1. The van der Waals surface area contributed by atoms with Crippen LogP contribution in [0.15, 0.2) is 28.7 Å². The quantitative estimate of drug-likeness (QED) is 0.855. The molecule has 1 aromatic carbocycles. The van der Waals surface area contributed by atoms with Crippen molar-refractivity contribution >= 4 is 21.8 Å². The summed E-state index contributed by atoms with van der Waals surface area (Å²) < 4.78 is 5.78. The summed E-state index contributed by atoms with van der Waals surface area (Å²) in [5.74, 6) is -0.219. The van der Waals surface area contributed by atoms with Crippen LogP contribution in [0.5, 0.6) is 0 Å². The van der Waals surface area contributed by atoms with Gasteiger partial charge in [0, 0.05) is 17.1 Å². The van der Waals surface area contributed by atoms with Gasteiger partial charge in [-0.2, -0.15) is 0 Å². The summed E-state index contributed by atoms with van der Waals surface area (Å²) in [6.07, 6.45) is 0. The van der Waals surface area contributed by atoms with Crippen LogP contribution in [0.25, 0.3) is 0 Å². The highest BCUT2D eigenvalue weighted by atomic mass is 79.9. The third-order valence-electron chi connectivity index (χ3n) is 2.03. The van der Waals surface area contributed by atoms with Gasteiger partial charge < -0.3 is 15.2 Å². The van der Waals surface area contributed by atoms with Gasteiger partial charge in [-0.3, -0.25) is 4.79 Å². The van der Waals surface area contributed by atoms with E-state index in [1.54, 1.807) is 24.3 Å². The molecule has 0 radical (unpaired) electrons. The first-order valence-electron chi connectivity index (χ1n) is 4.83. The Hall–Kier alpha value is -0.910. The Balaban J connectivity index is 2.60. The molecule has 0 spiro atoms. The topological polar surface area (TPSA) is 58.6 Å². The number of nitrogens with one attached hydrogen (secondary N) is 1. The van der Waals surface area contributed by atoms with Crippen LogP contribution < -0.4 is 5.32 Å². The molecule has 5 heteroatoms. The van der Waals surface area contributed by atoms with Crippen LogP contribution in [0.3, 0.4) is 0 Å². The fourth-order valence-electron chi connectivity index (χ4n) is 1.21. The average molecular weight is 288 g/mol. The van der Waals surface area contributed by atoms with E-state index in [0.717, 1.165) is 4.47 Å². The van der Waals surface area contributed by atoms with Gasteiger partial charge >= 0.3 is 0 Å². The smallest absolute Gasteiger partial charge is 0.251 e. The number of hydrogen-bond donors (Lipinski definition) is 2. The summed E-state index contributed by atoms with van der Waals surface area (Å²) in [5.41, 5.74) is 0.553. The molecule has 16 heavy (non-hydrogen) atoms. The van der Waals surface area contributed by atoms with Gasteiger partial charge in [0.15, 0.2) is 0 Å². The summed E-state index contributed by atoms with van der Waals surface area (Å²) in [6.45, 7) is 0.148. The van der Waals surface area contributed by atoms with Crippen LogP contribution >= 0.6 is 15.9 Å². The number of methoxy groups -OCH3 is 1. The molecule has 1 unspecified atom stereocenters. The molecule has 0 bridgehead atoms. The second-order valence-corrected chi connectivity index (χ2v) is 4.23. The van der Waals surface area contributed by atoms with Gasteiger partial charge in [0.2, 0.25) is 0 Å². The van der Waals surface area contributed by atoms with Gasteiger partial charge in [0.05, 0.1) is 19.3 Å². The largest absolute Gasteiger partial charge is 0.394 e. The van der Waals surface area contributed by atoms with Crippen molar-refractivity contribution in [2.24, 2.45) is 0 Å². The Morgan fingerprint density at radius 1 is 1.50 bits per heavy atom. The van der Waals surface area contributed by atoms with Gasteiger partial charge in [0.1, 0.15) is 0 Å². The molecular weight excluding hydrogens is 274 g/mol. The predicted octanol–water partition coefficient (Wildman–Crippen LogP) is 1.19.